The fraction of sp³-hybridized carbons (Fsp3) is 0.154. The summed E-state index contributed by atoms with van der Waals surface area (Å²) in [5.74, 6) is -1.85. The number of sulfonamides is 1. The molecule has 0 amide bonds. The molecule has 2 aromatic rings. The van der Waals surface area contributed by atoms with Gasteiger partial charge >= 0.3 is 5.97 Å². The van der Waals surface area contributed by atoms with E-state index in [2.05, 4.69) is 0 Å². The minimum Gasteiger partial charge on any atom is -0.507 e. The smallest absolute Gasteiger partial charge is 0.339 e. The summed E-state index contributed by atoms with van der Waals surface area (Å²) in [6.07, 6.45) is 0. The number of carboxylic acids is 1. The van der Waals surface area contributed by atoms with E-state index in [1.54, 1.807) is 0 Å². The molecule has 0 saturated carbocycles. The van der Waals surface area contributed by atoms with Gasteiger partial charge in [-0.3, -0.25) is 0 Å². The minimum atomic E-state index is -3.82. The molecular formula is C13H13NO5S2. The number of aromatic hydroxyl groups is 1. The predicted molar refractivity (Wildman–Crippen MR) is 78.0 cm³/mol. The quantitative estimate of drug-likeness (QED) is 0.875. The third kappa shape index (κ3) is 3.23. The number of phenols is 1. The molecule has 1 heterocycles. The Morgan fingerprint density at radius 3 is 2.62 bits per heavy atom. The Hall–Kier alpha value is -1.90. The summed E-state index contributed by atoms with van der Waals surface area (Å²) in [6, 6.07) is 5.02. The van der Waals surface area contributed by atoms with Crippen molar-refractivity contribution in [3.63, 3.8) is 0 Å². The molecule has 0 fully saturated rings. The van der Waals surface area contributed by atoms with Crippen LogP contribution in [-0.4, -0.2) is 36.0 Å². The lowest BCUT2D eigenvalue weighted by Crippen LogP contribution is -2.26. The normalized spacial score (nSPS) is 11.7. The summed E-state index contributed by atoms with van der Waals surface area (Å²) in [5, 5.41) is 22.0. The number of hydrogen-bond acceptors (Lipinski definition) is 5. The number of rotatable bonds is 5. The molecule has 112 valence electrons. The number of thiophene rings is 1. The highest BCUT2D eigenvalue weighted by Crippen LogP contribution is 2.24. The fourth-order valence-electron chi connectivity index (χ4n) is 1.75. The third-order valence-electron chi connectivity index (χ3n) is 2.89. The van der Waals surface area contributed by atoms with Gasteiger partial charge in [0.15, 0.2) is 0 Å². The molecule has 8 heteroatoms. The molecule has 0 atom stereocenters. The van der Waals surface area contributed by atoms with Crippen molar-refractivity contribution >= 4 is 27.3 Å². The molecule has 0 saturated heterocycles. The van der Waals surface area contributed by atoms with Crippen LogP contribution >= 0.6 is 11.3 Å². The lowest BCUT2D eigenvalue weighted by atomic mass is 10.2. The van der Waals surface area contributed by atoms with Gasteiger partial charge in [0.2, 0.25) is 10.0 Å². The number of benzene rings is 1. The maximum absolute atomic E-state index is 12.4. The standard InChI is InChI=1S/C13H13NO5S2/c1-14(7-9-4-5-20-8-9)21(18,19)10-2-3-12(15)11(6-10)13(16)17/h2-6,8,15H,7H2,1H3,(H,16,17). The molecule has 0 aliphatic rings. The lowest BCUT2D eigenvalue weighted by Gasteiger charge is -2.17. The van der Waals surface area contributed by atoms with Gasteiger partial charge in [-0.15, -0.1) is 0 Å². The molecule has 1 aromatic carbocycles. The number of carbonyl (C=O) groups is 1. The average Bonchev–Trinajstić information content (AvgIpc) is 2.91. The molecule has 0 unspecified atom stereocenters. The zero-order valence-electron chi connectivity index (χ0n) is 11.1. The number of aromatic carboxylic acids is 1. The van der Waals surface area contributed by atoms with Crippen LogP contribution in [0.5, 0.6) is 5.75 Å². The Bertz CT molecular complexity index is 753. The molecule has 6 nitrogen and oxygen atoms in total. The van der Waals surface area contributed by atoms with Gasteiger partial charge in [-0.1, -0.05) is 0 Å². The van der Waals surface area contributed by atoms with Crippen LogP contribution in [0.4, 0.5) is 0 Å². The SMILES string of the molecule is CN(Cc1ccsc1)S(=O)(=O)c1ccc(O)c(C(=O)O)c1. The van der Waals surface area contributed by atoms with Gasteiger partial charge in [-0.2, -0.15) is 15.6 Å². The van der Waals surface area contributed by atoms with E-state index in [4.69, 9.17) is 5.11 Å². The van der Waals surface area contributed by atoms with Crippen LogP contribution in [0.1, 0.15) is 15.9 Å². The van der Waals surface area contributed by atoms with Crippen LogP contribution in [0.15, 0.2) is 39.9 Å². The maximum atomic E-state index is 12.4. The first-order valence-corrected chi connectivity index (χ1v) is 8.24. The van der Waals surface area contributed by atoms with Gasteiger partial charge in [0, 0.05) is 13.6 Å². The summed E-state index contributed by atoms with van der Waals surface area (Å²) >= 11 is 1.46. The van der Waals surface area contributed by atoms with E-state index in [0.717, 1.165) is 22.0 Å². The first-order chi connectivity index (χ1) is 9.82. The number of carboxylic acid groups (broad SMARTS) is 1. The third-order valence-corrected chi connectivity index (χ3v) is 5.42. The van der Waals surface area contributed by atoms with Crippen molar-refractivity contribution in [3.8, 4) is 5.75 Å². The first-order valence-electron chi connectivity index (χ1n) is 5.86. The van der Waals surface area contributed by atoms with Crippen molar-refractivity contribution in [3.05, 3.63) is 46.2 Å². The Balaban J connectivity index is 2.35. The molecule has 0 aliphatic carbocycles. The molecule has 21 heavy (non-hydrogen) atoms. The van der Waals surface area contributed by atoms with Crippen LogP contribution < -0.4 is 0 Å². The highest BCUT2D eigenvalue weighted by molar-refractivity contribution is 7.89. The van der Waals surface area contributed by atoms with Gasteiger partial charge in [0.05, 0.1) is 4.90 Å². The highest BCUT2D eigenvalue weighted by Gasteiger charge is 2.23. The predicted octanol–water partition coefficient (Wildman–Crippen LogP) is 1.97. The van der Waals surface area contributed by atoms with Gasteiger partial charge in [-0.05, 0) is 40.6 Å². The zero-order valence-corrected chi connectivity index (χ0v) is 12.7. The van der Waals surface area contributed by atoms with E-state index in [-0.39, 0.29) is 11.4 Å². The molecule has 1 aromatic heterocycles. The molecule has 2 rings (SSSR count). The molecule has 0 radical (unpaired) electrons. The second-order valence-corrected chi connectivity index (χ2v) is 7.20. The summed E-state index contributed by atoms with van der Waals surface area (Å²) in [6.45, 7) is 0.190. The van der Waals surface area contributed by atoms with E-state index in [1.807, 2.05) is 16.8 Å². The summed E-state index contributed by atoms with van der Waals surface area (Å²) in [4.78, 5) is 10.8. The van der Waals surface area contributed by atoms with E-state index < -0.39 is 27.3 Å². The van der Waals surface area contributed by atoms with Gasteiger partial charge in [0.25, 0.3) is 0 Å². The maximum Gasteiger partial charge on any atom is 0.339 e. The fourth-order valence-corrected chi connectivity index (χ4v) is 3.60. The van der Waals surface area contributed by atoms with Crippen molar-refractivity contribution < 1.29 is 23.4 Å². The highest BCUT2D eigenvalue weighted by atomic mass is 32.2. The van der Waals surface area contributed by atoms with Crippen molar-refractivity contribution in [2.24, 2.45) is 0 Å². The first kappa shape index (κ1) is 15.5. The Kier molecular flexibility index (Phi) is 4.31. The second kappa shape index (κ2) is 5.84. The summed E-state index contributed by atoms with van der Waals surface area (Å²) in [5.41, 5.74) is 0.406. The van der Waals surface area contributed by atoms with Crippen molar-refractivity contribution in [1.82, 2.24) is 4.31 Å². The minimum absolute atomic E-state index is 0.171. The van der Waals surface area contributed by atoms with E-state index in [1.165, 1.54) is 24.5 Å². The van der Waals surface area contributed by atoms with Crippen molar-refractivity contribution in [1.29, 1.82) is 0 Å². The average molecular weight is 327 g/mol. The Morgan fingerprint density at radius 2 is 2.05 bits per heavy atom. The molecule has 0 aliphatic heterocycles. The summed E-state index contributed by atoms with van der Waals surface area (Å²) in [7, 11) is -2.41. The van der Waals surface area contributed by atoms with E-state index in [0.29, 0.717) is 0 Å². The van der Waals surface area contributed by atoms with Crippen LogP contribution in [0.2, 0.25) is 0 Å². The summed E-state index contributed by atoms with van der Waals surface area (Å²) < 4.78 is 25.9. The lowest BCUT2D eigenvalue weighted by molar-refractivity contribution is 0.0693. The Labute approximate surface area is 125 Å². The van der Waals surface area contributed by atoms with Crippen LogP contribution in [0.25, 0.3) is 0 Å². The zero-order chi connectivity index (χ0) is 15.6. The van der Waals surface area contributed by atoms with Gasteiger partial charge in [-0.25, -0.2) is 13.2 Å². The van der Waals surface area contributed by atoms with Crippen molar-refractivity contribution in [2.45, 2.75) is 11.4 Å². The number of hydrogen-bond donors (Lipinski definition) is 2. The van der Waals surface area contributed by atoms with Gasteiger partial charge in [0.1, 0.15) is 11.3 Å². The second-order valence-electron chi connectivity index (χ2n) is 4.38. The topological polar surface area (TPSA) is 94.9 Å². The molecule has 0 spiro atoms. The van der Waals surface area contributed by atoms with Crippen LogP contribution in [-0.2, 0) is 16.6 Å². The van der Waals surface area contributed by atoms with Crippen LogP contribution in [0.3, 0.4) is 0 Å². The van der Waals surface area contributed by atoms with E-state index in [9.17, 15) is 18.3 Å². The van der Waals surface area contributed by atoms with Gasteiger partial charge < -0.3 is 10.2 Å². The Morgan fingerprint density at radius 1 is 1.33 bits per heavy atom. The monoisotopic (exact) mass is 327 g/mol. The van der Waals surface area contributed by atoms with E-state index >= 15 is 0 Å². The van der Waals surface area contributed by atoms with Crippen molar-refractivity contribution in [2.75, 3.05) is 7.05 Å². The van der Waals surface area contributed by atoms with Crippen LogP contribution in [0, 0.1) is 0 Å². The largest absolute Gasteiger partial charge is 0.507 e. The molecular weight excluding hydrogens is 314 g/mol. The molecule has 2 N–H and O–H groups in total. The number of nitrogens with zero attached hydrogens (tertiary/aromatic N) is 1. The molecule has 0 bridgehead atoms.